The number of rotatable bonds is 3. The van der Waals surface area contributed by atoms with Crippen LogP contribution in [0.1, 0.15) is 18.5 Å². The molecule has 1 aliphatic rings. The molecule has 1 unspecified atom stereocenters. The third-order valence-corrected chi connectivity index (χ3v) is 4.12. The Bertz CT molecular complexity index is 646. The van der Waals surface area contributed by atoms with Crippen LogP contribution in [0.15, 0.2) is 24.5 Å². The van der Waals surface area contributed by atoms with E-state index in [1.54, 1.807) is 6.20 Å². The van der Waals surface area contributed by atoms with E-state index in [2.05, 4.69) is 19.9 Å². The molecule has 22 heavy (non-hydrogen) atoms. The lowest BCUT2D eigenvalue weighted by Gasteiger charge is -2.34. The molecular formula is C16H21N5O. The Morgan fingerprint density at radius 2 is 2.27 bits per heavy atom. The number of aliphatic hydroxyl groups is 1. The van der Waals surface area contributed by atoms with Crippen LogP contribution in [0, 0.1) is 12.8 Å². The van der Waals surface area contributed by atoms with Gasteiger partial charge in [0, 0.05) is 43.2 Å². The topological polar surface area (TPSA) is 88.2 Å². The number of anilines is 2. The van der Waals surface area contributed by atoms with Crippen LogP contribution in [-0.4, -0.2) is 39.8 Å². The third-order valence-electron chi connectivity index (χ3n) is 4.12. The first-order valence-corrected chi connectivity index (χ1v) is 7.59. The highest BCUT2D eigenvalue weighted by atomic mass is 16.3. The van der Waals surface area contributed by atoms with Gasteiger partial charge in [0.15, 0.2) is 0 Å². The molecule has 0 bridgehead atoms. The van der Waals surface area contributed by atoms with E-state index in [1.165, 1.54) is 0 Å². The fourth-order valence-electron chi connectivity index (χ4n) is 3.06. The lowest BCUT2D eigenvalue weighted by Crippen LogP contribution is -2.38. The Morgan fingerprint density at radius 1 is 1.41 bits per heavy atom. The number of hydrogen-bond donors (Lipinski definition) is 2. The number of aromatic nitrogens is 3. The van der Waals surface area contributed by atoms with E-state index in [0.717, 1.165) is 48.6 Å². The summed E-state index contributed by atoms with van der Waals surface area (Å²) >= 11 is 0. The van der Waals surface area contributed by atoms with Crippen LogP contribution in [0.25, 0.3) is 11.1 Å². The number of pyridine rings is 1. The summed E-state index contributed by atoms with van der Waals surface area (Å²) in [4.78, 5) is 15.2. The smallest absolute Gasteiger partial charge is 0.222 e. The van der Waals surface area contributed by atoms with Gasteiger partial charge >= 0.3 is 0 Å². The van der Waals surface area contributed by atoms with E-state index < -0.39 is 0 Å². The zero-order valence-corrected chi connectivity index (χ0v) is 12.7. The Morgan fingerprint density at radius 3 is 3.00 bits per heavy atom. The molecule has 0 amide bonds. The number of aryl methyl sites for hydroxylation is 1. The molecule has 2 aromatic heterocycles. The highest BCUT2D eigenvalue weighted by molar-refractivity contribution is 5.78. The predicted molar refractivity (Wildman–Crippen MR) is 86.4 cm³/mol. The minimum atomic E-state index is 0.207. The maximum atomic E-state index is 9.46. The average Bonchev–Trinajstić information content (AvgIpc) is 2.55. The maximum Gasteiger partial charge on any atom is 0.222 e. The summed E-state index contributed by atoms with van der Waals surface area (Å²) in [5, 5.41) is 9.46. The van der Waals surface area contributed by atoms with Crippen LogP contribution in [0.2, 0.25) is 0 Å². The Labute approximate surface area is 130 Å². The van der Waals surface area contributed by atoms with E-state index in [1.807, 2.05) is 25.3 Å². The molecule has 1 atom stereocenters. The first kappa shape index (κ1) is 14.7. The monoisotopic (exact) mass is 299 g/mol. The SMILES string of the molecule is Cc1nc(N)nc(N2CCCC(CO)C2)c1-c1cccnc1. The highest BCUT2D eigenvalue weighted by Crippen LogP contribution is 2.33. The molecule has 2 aromatic rings. The minimum Gasteiger partial charge on any atom is -0.396 e. The van der Waals surface area contributed by atoms with Crippen molar-refractivity contribution < 1.29 is 5.11 Å². The van der Waals surface area contributed by atoms with Crippen molar-refractivity contribution in [2.24, 2.45) is 5.92 Å². The van der Waals surface area contributed by atoms with Gasteiger partial charge in [-0.3, -0.25) is 4.98 Å². The lowest BCUT2D eigenvalue weighted by molar-refractivity contribution is 0.208. The Balaban J connectivity index is 2.06. The standard InChI is InChI=1S/C16H21N5O/c1-11-14(13-5-2-6-18-8-13)15(20-16(17)19-11)21-7-3-4-12(9-21)10-22/h2,5-6,8,12,22H,3-4,7,9-10H2,1H3,(H2,17,19,20). The van der Waals surface area contributed by atoms with Crippen molar-refractivity contribution in [3.8, 4) is 11.1 Å². The van der Waals surface area contributed by atoms with Gasteiger partial charge in [-0.25, -0.2) is 4.98 Å². The Hall–Kier alpha value is -2.21. The van der Waals surface area contributed by atoms with Gasteiger partial charge in [0.2, 0.25) is 5.95 Å². The van der Waals surface area contributed by atoms with Gasteiger partial charge in [0.25, 0.3) is 0 Å². The zero-order chi connectivity index (χ0) is 15.5. The second-order valence-electron chi connectivity index (χ2n) is 5.74. The van der Waals surface area contributed by atoms with Crippen molar-refractivity contribution in [1.82, 2.24) is 15.0 Å². The van der Waals surface area contributed by atoms with Crippen molar-refractivity contribution in [1.29, 1.82) is 0 Å². The normalized spacial score (nSPS) is 18.5. The number of nitrogen functional groups attached to an aromatic ring is 1. The number of nitrogens with two attached hydrogens (primary N) is 1. The summed E-state index contributed by atoms with van der Waals surface area (Å²) in [5.41, 5.74) is 8.68. The molecule has 0 aromatic carbocycles. The van der Waals surface area contributed by atoms with Crippen LogP contribution in [0.3, 0.4) is 0 Å². The zero-order valence-electron chi connectivity index (χ0n) is 12.7. The van der Waals surface area contributed by atoms with Gasteiger partial charge in [0.1, 0.15) is 5.82 Å². The first-order chi connectivity index (χ1) is 10.7. The van der Waals surface area contributed by atoms with E-state index in [0.29, 0.717) is 0 Å². The van der Waals surface area contributed by atoms with Gasteiger partial charge in [-0.05, 0) is 31.7 Å². The highest BCUT2D eigenvalue weighted by Gasteiger charge is 2.24. The van der Waals surface area contributed by atoms with E-state index in [9.17, 15) is 5.11 Å². The van der Waals surface area contributed by atoms with Gasteiger partial charge < -0.3 is 15.7 Å². The molecule has 6 heteroatoms. The molecule has 3 N–H and O–H groups in total. The summed E-state index contributed by atoms with van der Waals surface area (Å²) in [7, 11) is 0. The number of aliphatic hydroxyl groups excluding tert-OH is 1. The summed E-state index contributed by atoms with van der Waals surface area (Å²) in [6, 6.07) is 3.91. The van der Waals surface area contributed by atoms with Gasteiger partial charge in [0.05, 0.1) is 5.69 Å². The van der Waals surface area contributed by atoms with Gasteiger partial charge in [-0.1, -0.05) is 6.07 Å². The van der Waals surface area contributed by atoms with Crippen LogP contribution in [0.4, 0.5) is 11.8 Å². The van der Waals surface area contributed by atoms with Crippen LogP contribution in [-0.2, 0) is 0 Å². The molecule has 0 spiro atoms. The number of hydrogen-bond acceptors (Lipinski definition) is 6. The lowest BCUT2D eigenvalue weighted by atomic mass is 9.97. The van der Waals surface area contributed by atoms with Crippen molar-refractivity contribution in [3.63, 3.8) is 0 Å². The van der Waals surface area contributed by atoms with Crippen LogP contribution in [0.5, 0.6) is 0 Å². The second-order valence-corrected chi connectivity index (χ2v) is 5.74. The largest absolute Gasteiger partial charge is 0.396 e. The summed E-state index contributed by atoms with van der Waals surface area (Å²) in [5.74, 6) is 1.41. The minimum absolute atomic E-state index is 0.207. The average molecular weight is 299 g/mol. The molecule has 0 saturated carbocycles. The van der Waals surface area contributed by atoms with Gasteiger partial charge in [-0.2, -0.15) is 4.98 Å². The molecule has 0 aliphatic carbocycles. The van der Waals surface area contributed by atoms with Crippen molar-refractivity contribution in [2.75, 3.05) is 30.3 Å². The fourth-order valence-corrected chi connectivity index (χ4v) is 3.06. The molecule has 3 rings (SSSR count). The molecule has 116 valence electrons. The van der Waals surface area contributed by atoms with Crippen molar-refractivity contribution >= 4 is 11.8 Å². The summed E-state index contributed by atoms with van der Waals surface area (Å²) in [6.45, 7) is 3.86. The first-order valence-electron chi connectivity index (χ1n) is 7.59. The van der Waals surface area contributed by atoms with E-state index >= 15 is 0 Å². The summed E-state index contributed by atoms with van der Waals surface area (Å²) in [6.07, 6.45) is 5.66. The maximum absolute atomic E-state index is 9.46. The molecule has 1 saturated heterocycles. The molecule has 1 fully saturated rings. The Kier molecular flexibility index (Phi) is 4.20. The third kappa shape index (κ3) is 2.87. The molecule has 6 nitrogen and oxygen atoms in total. The number of piperidine rings is 1. The fraction of sp³-hybridized carbons (Fsp3) is 0.438. The predicted octanol–water partition coefficient (Wildman–Crippen LogP) is 1.64. The van der Waals surface area contributed by atoms with Gasteiger partial charge in [-0.15, -0.1) is 0 Å². The second kappa shape index (κ2) is 6.27. The summed E-state index contributed by atoms with van der Waals surface area (Å²) < 4.78 is 0. The number of nitrogens with zero attached hydrogens (tertiary/aromatic N) is 4. The molecule has 0 radical (unpaired) electrons. The van der Waals surface area contributed by atoms with Crippen molar-refractivity contribution in [2.45, 2.75) is 19.8 Å². The molecule has 3 heterocycles. The van der Waals surface area contributed by atoms with Crippen LogP contribution < -0.4 is 10.6 Å². The van der Waals surface area contributed by atoms with Crippen molar-refractivity contribution in [3.05, 3.63) is 30.2 Å². The molecular weight excluding hydrogens is 278 g/mol. The quantitative estimate of drug-likeness (QED) is 0.895. The van der Waals surface area contributed by atoms with E-state index in [-0.39, 0.29) is 18.5 Å². The van der Waals surface area contributed by atoms with E-state index in [4.69, 9.17) is 5.73 Å². The van der Waals surface area contributed by atoms with Crippen LogP contribution >= 0.6 is 0 Å². The molecule has 1 aliphatic heterocycles.